The molecule has 6 heteroatoms. The molecule has 0 saturated carbocycles. The molecule has 1 aromatic heterocycles. The average molecular weight is 310 g/mol. The number of carbonyl (C=O) groups excluding carboxylic acids is 1. The van der Waals surface area contributed by atoms with Crippen LogP contribution in [0, 0.1) is 0 Å². The van der Waals surface area contributed by atoms with Gasteiger partial charge in [-0.3, -0.25) is 4.79 Å². The number of benzene rings is 1. The van der Waals surface area contributed by atoms with Gasteiger partial charge in [-0.05, 0) is 37.0 Å². The molecule has 0 bridgehead atoms. The van der Waals surface area contributed by atoms with Gasteiger partial charge in [0.2, 0.25) is 5.82 Å². The number of carbonyl (C=O) groups is 1. The number of alkyl halides is 3. The van der Waals surface area contributed by atoms with Crippen LogP contribution in [0.4, 0.5) is 13.2 Å². The summed E-state index contributed by atoms with van der Waals surface area (Å²) >= 11 is 0. The number of halogens is 3. The molecule has 1 aliphatic heterocycles. The van der Waals surface area contributed by atoms with Crippen molar-refractivity contribution in [3.8, 4) is 0 Å². The topological polar surface area (TPSA) is 34.9 Å². The smallest absolute Gasteiger partial charge is 0.320 e. The lowest BCUT2D eigenvalue weighted by Gasteiger charge is -2.18. The summed E-state index contributed by atoms with van der Waals surface area (Å²) in [4.78, 5) is 15.9. The van der Waals surface area contributed by atoms with Gasteiger partial charge in [-0.2, -0.15) is 13.2 Å². The predicted molar refractivity (Wildman–Crippen MR) is 76.9 cm³/mol. The highest BCUT2D eigenvalue weighted by Gasteiger charge is 2.38. The van der Waals surface area contributed by atoms with E-state index >= 15 is 0 Å². The first-order valence-corrected chi connectivity index (χ1v) is 7.55. The summed E-state index contributed by atoms with van der Waals surface area (Å²) in [5, 5.41) is 0. The molecule has 3 nitrogen and oxygen atoms in total. The quantitative estimate of drug-likeness (QED) is 0.786. The molecule has 2 aromatic rings. The predicted octanol–water partition coefficient (Wildman–Crippen LogP) is 4.37. The first-order chi connectivity index (χ1) is 10.4. The number of rotatable bonds is 4. The largest absolute Gasteiger partial charge is 0.449 e. The fourth-order valence-corrected chi connectivity index (χ4v) is 3.05. The van der Waals surface area contributed by atoms with E-state index in [1.807, 2.05) is 6.92 Å². The number of imidazole rings is 1. The Morgan fingerprint density at radius 3 is 2.82 bits per heavy atom. The van der Waals surface area contributed by atoms with Gasteiger partial charge in [-0.25, -0.2) is 4.98 Å². The summed E-state index contributed by atoms with van der Waals surface area (Å²) in [7, 11) is 0. The minimum Gasteiger partial charge on any atom is -0.320 e. The van der Waals surface area contributed by atoms with Crippen LogP contribution >= 0.6 is 0 Å². The Morgan fingerprint density at radius 2 is 2.14 bits per heavy atom. The summed E-state index contributed by atoms with van der Waals surface area (Å²) in [6.45, 7) is 2.32. The van der Waals surface area contributed by atoms with E-state index in [0.717, 1.165) is 18.4 Å². The first kappa shape index (κ1) is 15.1. The Labute approximate surface area is 126 Å². The maximum atomic E-state index is 13.1. The van der Waals surface area contributed by atoms with Crippen molar-refractivity contribution in [2.75, 3.05) is 0 Å². The second kappa shape index (κ2) is 5.41. The molecular weight excluding hydrogens is 293 g/mol. The van der Waals surface area contributed by atoms with Crippen molar-refractivity contribution in [3.63, 3.8) is 0 Å². The maximum Gasteiger partial charge on any atom is 0.449 e. The van der Waals surface area contributed by atoms with Crippen molar-refractivity contribution in [1.82, 2.24) is 9.55 Å². The molecule has 0 saturated heterocycles. The SMILES string of the molecule is CCCCC(=O)c1cc2c3c(c1)nc(C(F)(F)F)n3CCC2. The Morgan fingerprint density at radius 1 is 1.36 bits per heavy atom. The van der Waals surface area contributed by atoms with Crippen LogP contribution in [-0.4, -0.2) is 15.3 Å². The van der Waals surface area contributed by atoms with E-state index in [4.69, 9.17) is 0 Å². The number of unbranched alkanes of at least 4 members (excludes halogenated alkanes) is 1. The van der Waals surface area contributed by atoms with E-state index in [0.29, 0.717) is 36.9 Å². The van der Waals surface area contributed by atoms with Gasteiger partial charge in [0, 0.05) is 18.5 Å². The molecule has 0 spiro atoms. The third-order valence-electron chi connectivity index (χ3n) is 4.08. The molecule has 0 fully saturated rings. The number of hydrogen-bond donors (Lipinski definition) is 0. The van der Waals surface area contributed by atoms with E-state index in [-0.39, 0.29) is 11.3 Å². The highest BCUT2D eigenvalue weighted by atomic mass is 19.4. The third-order valence-corrected chi connectivity index (χ3v) is 4.08. The number of ketones is 1. The zero-order valence-electron chi connectivity index (χ0n) is 12.3. The monoisotopic (exact) mass is 310 g/mol. The average Bonchev–Trinajstić information content (AvgIpc) is 2.85. The van der Waals surface area contributed by atoms with Gasteiger partial charge in [-0.1, -0.05) is 13.3 Å². The lowest BCUT2D eigenvalue weighted by molar-refractivity contribution is -0.147. The Bertz CT molecular complexity index is 731. The molecule has 2 heterocycles. The van der Waals surface area contributed by atoms with Gasteiger partial charge >= 0.3 is 6.18 Å². The van der Waals surface area contributed by atoms with Crippen molar-refractivity contribution in [2.24, 2.45) is 0 Å². The molecule has 0 amide bonds. The highest BCUT2D eigenvalue weighted by molar-refractivity contribution is 6.00. The zero-order chi connectivity index (χ0) is 15.9. The van der Waals surface area contributed by atoms with E-state index in [1.54, 1.807) is 6.07 Å². The Hall–Kier alpha value is -1.85. The molecule has 3 rings (SSSR count). The van der Waals surface area contributed by atoms with Crippen LogP contribution in [0.2, 0.25) is 0 Å². The van der Waals surface area contributed by atoms with E-state index in [1.165, 1.54) is 10.6 Å². The van der Waals surface area contributed by atoms with Gasteiger partial charge in [0.1, 0.15) is 0 Å². The summed E-state index contributed by atoms with van der Waals surface area (Å²) in [5.41, 5.74) is 2.10. The molecule has 0 atom stereocenters. The zero-order valence-corrected chi connectivity index (χ0v) is 12.3. The second-order valence-corrected chi connectivity index (χ2v) is 5.72. The number of Topliss-reactive ketones (excluding diaryl/α,β-unsaturated/α-hetero) is 1. The van der Waals surface area contributed by atoms with Gasteiger partial charge in [0.05, 0.1) is 11.0 Å². The summed E-state index contributed by atoms with van der Waals surface area (Å²) in [6.07, 6.45) is -1.03. The molecule has 1 aliphatic rings. The van der Waals surface area contributed by atoms with Crippen molar-refractivity contribution < 1.29 is 18.0 Å². The molecule has 22 heavy (non-hydrogen) atoms. The van der Waals surface area contributed by atoms with E-state index in [9.17, 15) is 18.0 Å². The number of hydrogen-bond acceptors (Lipinski definition) is 2. The fourth-order valence-electron chi connectivity index (χ4n) is 3.05. The highest BCUT2D eigenvalue weighted by Crippen LogP contribution is 2.35. The number of aryl methyl sites for hydroxylation is 2. The molecule has 0 radical (unpaired) electrons. The van der Waals surface area contributed by atoms with Crippen molar-refractivity contribution in [1.29, 1.82) is 0 Å². The summed E-state index contributed by atoms with van der Waals surface area (Å²) in [5.74, 6) is -0.879. The van der Waals surface area contributed by atoms with Crippen LogP contribution in [0.5, 0.6) is 0 Å². The molecule has 118 valence electrons. The molecular formula is C16H17F3N2O. The van der Waals surface area contributed by atoms with Crippen LogP contribution in [-0.2, 0) is 19.1 Å². The Kier molecular flexibility index (Phi) is 3.70. The van der Waals surface area contributed by atoms with Gasteiger partial charge in [0.15, 0.2) is 5.78 Å². The summed E-state index contributed by atoms with van der Waals surface area (Å²) < 4.78 is 40.6. The molecule has 1 aromatic carbocycles. The van der Waals surface area contributed by atoms with Crippen molar-refractivity contribution >= 4 is 16.8 Å². The van der Waals surface area contributed by atoms with Gasteiger partial charge in [0.25, 0.3) is 0 Å². The van der Waals surface area contributed by atoms with Gasteiger partial charge in [-0.15, -0.1) is 0 Å². The summed E-state index contributed by atoms with van der Waals surface area (Å²) in [6, 6.07) is 3.26. The lowest BCUT2D eigenvalue weighted by Crippen LogP contribution is -2.18. The molecule has 0 unspecified atom stereocenters. The van der Waals surface area contributed by atoms with Crippen molar-refractivity contribution in [2.45, 2.75) is 51.7 Å². The standard InChI is InChI=1S/C16H17F3N2O/c1-2-3-6-13(22)11-8-10-5-4-7-21-14(10)12(9-11)20-15(21)16(17,18)19/h8-9H,2-7H2,1H3. The van der Waals surface area contributed by atoms with Crippen LogP contribution in [0.1, 0.15) is 54.4 Å². The van der Waals surface area contributed by atoms with Crippen LogP contribution < -0.4 is 0 Å². The van der Waals surface area contributed by atoms with E-state index in [2.05, 4.69) is 4.98 Å². The van der Waals surface area contributed by atoms with Gasteiger partial charge < -0.3 is 4.57 Å². The maximum absolute atomic E-state index is 13.1. The normalized spacial score (nSPS) is 14.5. The fraction of sp³-hybridized carbons (Fsp3) is 0.500. The first-order valence-electron chi connectivity index (χ1n) is 7.55. The minimum absolute atomic E-state index is 0.0197. The second-order valence-electron chi connectivity index (χ2n) is 5.72. The third kappa shape index (κ3) is 2.51. The molecule has 0 aliphatic carbocycles. The van der Waals surface area contributed by atoms with Crippen LogP contribution in [0.25, 0.3) is 11.0 Å². The number of nitrogens with zero attached hydrogens (tertiary/aromatic N) is 2. The molecule has 0 N–H and O–H groups in total. The van der Waals surface area contributed by atoms with Crippen molar-refractivity contribution in [3.05, 3.63) is 29.1 Å². The number of aromatic nitrogens is 2. The van der Waals surface area contributed by atoms with Crippen LogP contribution in [0.3, 0.4) is 0 Å². The van der Waals surface area contributed by atoms with E-state index < -0.39 is 12.0 Å². The lowest BCUT2D eigenvalue weighted by atomic mass is 9.98. The van der Waals surface area contributed by atoms with Crippen LogP contribution in [0.15, 0.2) is 12.1 Å². The Balaban J connectivity index is 2.13. The minimum atomic E-state index is -4.47.